The van der Waals surface area contributed by atoms with Crippen LogP contribution in [-0.2, 0) is 0 Å². The van der Waals surface area contributed by atoms with Gasteiger partial charge in [0.15, 0.2) is 0 Å². The number of rotatable bonds is 6. The maximum absolute atomic E-state index is 12.7. The van der Waals surface area contributed by atoms with E-state index < -0.39 is 6.03 Å². The van der Waals surface area contributed by atoms with E-state index in [-0.39, 0.29) is 5.91 Å². The largest absolute Gasteiger partial charge is 0.495 e. The first-order chi connectivity index (χ1) is 15.3. The molecular formula is C22H21ClN4O4S. The summed E-state index contributed by atoms with van der Waals surface area (Å²) in [5.74, 6) is 0.457. The lowest BCUT2D eigenvalue weighted by atomic mass is 10.1. The summed E-state index contributed by atoms with van der Waals surface area (Å²) in [4.78, 5) is 25.0. The zero-order chi connectivity index (χ0) is 23.3. The molecule has 32 heavy (non-hydrogen) atoms. The number of ether oxygens (including phenoxy) is 2. The molecule has 8 nitrogen and oxygen atoms in total. The fourth-order valence-corrected chi connectivity index (χ4v) is 3.26. The number of urea groups is 1. The lowest BCUT2D eigenvalue weighted by Gasteiger charge is -2.19. The second-order valence-electron chi connectivity index (χ2n) is 6.52. The topological polar surface area (TPSA) is 106 Å². The number of para-hydroxylation sites is 1. The van der Waals surface area contributed by atoms with Crippen molar-refractivity contribution < 1.29 is 19.1 Å². The molecule has 166 valence electrons. The second kappa shape index (κ2) is 10.2. The number of nitrogen functional groups attached to an aromatic ring is 1. The van der Waals surface area contributed by atoms with Crippen LogP contribution >= 0.6 is 24.4 Å². The third-order valence-corrected chi connectivity index (χ3v) is 5.19. The Balaban J connectivity index is 1.70. The smallest absolute Gasteiger partial charge is 0.336 e. The van der Waals surface area contributed by atoms with Crippen LogP contribution in [0.4, 0.5) is 27.5 Å². The van der Waals surface area contributed by atoms with Crippen LogP contribution in [0, 0.1) is 0 Å². The van der Waals surface area contributed by atoms with Crippen molar-refractivity contribution in [3.05, 3.63) is 71.2 Å². The van der Waals surface area contributed by atoms with E-state index in [0.717, 1.165) is 4.31 Å². The average Bonchev–Trinajstić information content (AvgIpc) is 2.79. The van der Waals surface area contributed by atoms with Crippen molar-refractivity contribution in [3.8, 4) is 11.5 Å². The monoisotopic (exact) mass is 472 g/mol. The summed E-state index contributed by atoms with van der Waals surface area (Å²) in [7, 11) is 2.95. The van der Waals surface area contributed by atoms with Gasteiger partial charge in [-0.25, -0.2) is 9.10 Å². The highest BCUT2D eigenvalue weighted by molar-refractivity contribution is 7.82. The van der Waals surface area contributed by atoms with E-state index in [1.54, 1.807) is 54.6 Å². The predicted octanol–water partition coefficient (Wildman–Crippen LogP) is 5.08. The van der Waals surface area contributed by atoms with Crippen LogP contribution in [0.2, 0.25) is 5.02 Å². The lowest BCUT2D eigenvalue weighted by Crippen LogP contribution is -2.27. The highest BCUT2D eigenvalue weighted by Gasteiger charge is 2.17. The first-order valence-electron chi connectivity index (χ1n) is 9.31. The fourth-order valence-electron chi connectivity index (χ4n) is 2.83. The SMILES string of the molecule is COc1cc(OC)c(NC(=O)N(S)c2ccc(NC(=O)c3ccccc3N)cc2)cc1Cl. The molecule has 0 saturated heterocycles. The number of carbonyl (C=O) groups is 2. The van der Waals surface area contributed by atoms with Gasteiger partial charge in [-0.15, -0.1) is 0 Å². The molecule has 0 fully saturated rings. The van der Waals surface area contributed by atoms with Gasteiger partial charge in [0.1, 0.15) is 11.5 Å². The number of nitrogens with one attached hydrogen (secondary N) is 2. The van der Waals surface area contributed by atoms with Crippen molar-refractivity contribution in [1.82, 2.24) is 0 Å². The van der Waals surface area contributed by atoms with E-state index in [4.69, 9.17) is 26.8 Å². The molecule has 3 aromatic rings. The van der Waals surface area contributed by atoms with Gasteiger partial charge in [-0.3, -0.25) is 4.79 Å². The summed E-state index contributed by atoms with van der Waals surface area (Å²) < 4.78 is 11.5. The minimum Gasteiger partial charge on any atom is -0.495 e. The number of nitrogens with zero attached hydrogens (tertiary/aromatic N) is 1. The molecule has 0 spiro atoms. The number of carbonyl (C=O) groups excluding carboxylic acids is 2. The third kappa shape index (κ3) is 5.19. The number of hydrogen-bond donors (Lipinski definition) is 4. The summed E-state index contributed by atoms with van der Waals surface area (Å²) in [6.45, 7) is 0. The van der Waals surface area contributed by atoms with Gasteiger partial charge < -0.3 is 25.8 Å². The van der Waals surface area contributed by atoms with E-state index in [0.29, 0.717) is 44.8 Å². The van der Waals surface area contributed by atoms with Gasteiger partial charge in [0, 0.05) is 17.4 Å². The summed E-state index contributed by atoms with van der Waals surface area (Å²) in [5.41, 5.74) is 7.95. The fraction of sp³-hybridized carbons (Fsp3) is 0.0909. The summed E-state index contributed by atoms with van der Waals surface area (Å²) in [6, 6.07) is 15.9. The van der Waals surface area contributed by atoms with Crippen LogP contribution in [0.25, 0.3) is 0 Å². The number of nitrogens with two attached hydrogens (primary N) is 1. The molecular weight excluding hydrogens is 452 g/mol. The Morgan fingerprint density at radius 2 is 1.62 bits per heavy atom. The van der Waals surface area contributed by atoms with Crippen LogP contribution in [0.1, 0.15) is 10.4 Å². The molecule has 0 radical (unpaired) electrons. The van der Waals surface area contributed by atoms with E-state index in [1.165, 1.54) is 20.3 Å². The number of amides is 3. The Kier molecular flexibility index (Phi) is 7.34. The second-order valence-corrected chi connectivity index (χ2v) is 7.32. The third-order valence-electron chi connectivity index (χ3n) is 4.48. The number of hydrogen-bond acceptors (Lipinski definition) is 6. The highest BCUT2D eigenvalue weighted by atomic mass is 35.5. The van der Waals surface area contributed by atoms with Gasteiger partial charge in [-0.05, 0) is 42.5 Å². The molecule has 0 heterocycles. The normalized spacial score (nSPS) is 10.2. The maximum atomic E-state index is 12.7. The minimum atomic E-state index is -0.540. The van der Waals surface area contributed by atoms with Crippen LogP contribution in [0.15, 0.2) is 60.7 Å². The summed E-state index contributed by atoms with van der Waals surface area (Å²) in [5, 5.41) is 5.76. The molecule has 0 aliphatic carbocycles. The molecule has 3 amide bonds. The molecule has 3 rings (SSSR count). The van der Waals surface area contributed by atoms with Crippen LogP contribution in [0.5, 0.6) is 11.5 Å². The zero-order valence-electron chi connectivity index (χ0n) is 17.3. The van der Waals surface area contributed by atoms with Crippen LogP contribution < -0.4 is 30.1 Å². The van der Waals surface area contributed by atoms with E-state index >= 15 is 0 Å². The molecule has 0 unspecified atom stereocenters. The Morgan fingerprint density at radius 1 is 0.969 bits per heavy atom. The zero-order valence-corrected chi connectivity index (χ0v) is 18.9. The molecule has 0 aliphatic rings. The van der Waals surface area contributed by atoms with Crippen LogP contribution in [0.3, 0.4) is 0 Å². The molecule has 0 bridgehead atoms. The summed E-state index contributed by atoms with van der Waals surface area (Å²) >= 11 is 10.4. The Bertz CT molecular complexity index is 1140. The average molecular weight is 473 g/mol. The van der Waals surface area contributed by atoms with Crippen molar-refractivity contribution >= 4 is 59.1 Å². The van der Waals surface area contributed by atoms with Crippen LogP contribution in [-0.4, -0.2) is 26.2 Å². The quantitative estimate of drug-likeness (QED) is 0.296. The number of benzene rings is 3. The molecule has 3 aromatic carbocycles. The number of methoxy groups -OCH3 is 2. The van der Waals surface area contributed by atoms with Crippen molar-refractivity contribution in [2.45, 2.75) is 0 Å². The van der Waals surface area contributed by atoms with E-state index in [9.17, 15) is 9.59 Å². The molecule has 0 aromatic heterocycles. The molecule has 0 saturated carbocycles. The van der Waals surface area contributed by atoms with Crippen molar-refractivity contribution in [2.24, 2.45) is 0 Å². The first kappa shape index (κ1) is 23.1. The summed E-state index contributed by atoms with van der Waals surface area (Å²) in [6.07, 6.45) is 0. The Hall–Kier alpha value is -3.56. The number of halogens is 1. The minimum absolute atomic E-state index is 0.313. The molecule has 0 atom stereocenters. The molecule has 4 N–H and O–H groups in total. The molecule has 0 aliphatic heterocycles. The lowest BCUT2D eigenvalue weighted by molar-refractivity contribution is 0.102. The van der Waals surface area contributed by atoms with E-state index in [1.807, 2.05) is 0 Å². The van der Waals surface area contributed by atoms with E-state index in [2.05, 4.69) is 23.4 Å². The van der Waals surface area contributed by atoms with Gasteiger partial charge in [-0.1, -0.05) is 36.5 Å². The molecule has 10 heteroatoms. The highest BCUT2D eigenvalue weighted by Crippen LogP contribution is 2.36. The number of anilines is 4. The Morgan fingerprint density at radius 3 is 2.25 bits per heavy atom. The van der Waals surface area contributed by atoms with Gasteiger partial charge >= 0.3 is 6.03 Å². The van der Waals surface area contributed by atoms with Gasteiger partial charge in [-0.2, -0.15) is 0 Å². The maximum Gasteiger partial charge on any atom is 0.336 e. The van der Waals surface area contributed by atoms with Gasteiger partial charge in [0.25, 0.3) is 5.91 Å². The Labute approximate surface area is 195 Å². The van der Waals surface area contributed by atoms with Gasteiger partial charge in [0.05, 0.1) is 36.2 Å². The first-order valence-corrected chi connectivity index (χ1v) is 10.1. The predicted molar refractivity (Wildman–Crippen MR) is 130 cm³/mol. The number of thiol groups is 1. The van der Waals surface area contributed by atoms with Crippen molar-refractivity contribution in [1.29, 1.82) is 0 Å². The van der Waals surface area contributed by atoms with Crippen molar-refractivity contribution in [2.75, 3.05) is 34.9 Å². The van der Waals surface area contributed by atoms with Gasteiger partial charge in [0.2, 0.25) is 0 Å². The standard InChI is InChI=1S/C22H21ClN4O4S/c1-30-19-12-20(31-2)18(11-16(19)23)26-22(29)27(32)14-9-7-13(8-10-14)25-21(28)15-5-3-4-6-17(15)24/h3-12,32H,24H2,1-2H3,(H,25,28)(H,26,29). The van der Waals surface area contributed by atoms with Crippen molar-refractivity contribution in [3.63, 3.8) is 0 Å².